The summed E-state index contributed by atoms with van der Waals surface area (Å²) in [5.74, 6) is 0.451. The zero-order chi connectivity index (χ0) is 13.4. The third kappa shape index (κ3) is 2.22. The average molecular weight is 279 g/mol. The van der Waals surface area contributed by atoms with Crippen molar-refractivity contribution in [2.45, 2.75) is 6.92 Å². The van der Waals surface area contributed by atoms with Crippen molar-refractivity contribution in [1.29, 1.82) is 0 Å². The monoisotopic (exact) mass is 278 g/mol. The van der Waals surface area contributed by atoms with E-state index in [2.05, 4.69) is 20.2 Å². The number of fused-ring (bicyclic) bond motifs is 1. The van der Waals surface area contributed by atoms with E-state index in [0.29, 0.717) is 22.3 Å². The molecule has 1 aromatic carbocycles. The third-order valence-electron chi connectivity index (χ3n) is 2.59. The predicted molar refractivity (Wildman–Crippen MR) is 67.9 cm³/mol. The second kappa shape index (κ2) is 4.47. The molecule has 0 aliphatic rings. The van der Waals surface area contributed by atoms with Crippen molar-refractivity contribution >= 4 is 22.6 Å². The largest absolute Gasteiger partial charge is 0.438 e. The van der Waals surface area contributed by atoms with E-state index in [1.807, 2.05) is 0 Å². The Labute approximate surface area is 112 Å². The first-order valence-corrected chi connectivity index (χ1v) is 5.82. The summed E-state index contributed by atoms with van der Waals surface area (Å²) in [4.78, 5) is 7.97. The Hall–Kier alpha value is -2.21. The van der Waals surface area contributed by atoms with E-state index >= 15 is 0 Å². The van der Waals surface area contributed by atoms with E-state index < -0.39 is 0 Å². The lowest BCUT2D eigenvalue weighted by molar-refractivity contribution is 0.466. The fourth-order valence-electron chi connectivity index (χ4n) is 1.65. The van der Waals surface area contributed by atoms with Crippen molar-refractivity contribution in [2.75, 3.05) is 0 Å². The molecule has 0 radical (unpaired) electrons. The van der Waals surface area contributed by atoms with Crippen molar-refractivity contribution in [3.8, 4) is 11.6 Å². The van der Waals surface area contributed by atoms with Gasteiger partial charge in [-0.2, -0.15) is 15.1 Å². The molecule has 0 bridgehead atoms. The van der Waals surface area contributed by atoms with Gasteiger partial charge in [0.2, 0.25) is 11.2 Å². The Morgan fingerprint density at radius 1 is 1.32 bits per heavy atom. The van der Waals surface area contributed by atoms with Crippen LogP contribution in [0.1, 0.15) is 5.56 Å². The first kappa shape index (κ1) is 11.9. The summed E-state index contributed by atoms with van der Waals surface area (Å²) in [7, 11) is 0. The predicted octanol–water partition coefficient (Wildman–Crippen LogP) is 3.25. The molecule has 0 aliphatic carbocycles. The maximum Gasteiger partial charge on any atom is 0.234 e. The highest BCUT2D eigenvalue weighted by atomic mass is 35.5. The van der Waals surface area contributed by atoms with Gasteiger partial charge in [0.05, 0.1) is 6.20 Å². The highest BCUT2D eigenvalue weighted by Gasteiger charge is 2.11. The maximum absolute atomic E-state index is 13.2. The summed E-state index contributed by atoms with van der Waals surface area (Å²) in [6.07, 6.45) is 1.54. The molecule has 0 saturated heterocycles. The summed E-state index contributed by atoms with van der Waals surface area (Å²) < 4.78 is 18.8. The summed E-state index contributed by atoms with van der Waals surface area (Å²) in [6, 6.07) is 4.43. The molecule has 2 aromatic heterocycles. The molecule has 0 fully saturated rings. The van der Waals surface area contributed by atoms with Gasteiger partial charge in [-0.25, -0.2) is 4.39 Å². The number of hydrogen-bond donors (Lipinski definition) is 1. The van der Waals surface area contributed by atoms with E-state index in [1.165, 1.54) is 18.3 Å². The van der Waals surface area contributed by atoms with Crippen molar-refractivity contribution < 1.29 is 9.13 Å². The minimum Gasteiger partial charge on any atom is -0.438 e. The molecule has 0 saturated carbocycles. The lowest BCUT2D eigenvalue weighted by Crippen LogP contribution is -1.93. The second-order valence-corrected chi connectivity index (χ2v) is 4.28. The lowest BCUT2D eigenvalue weighted by atomic mass is 10.2. The smallest absolute Gasteiger partial charge is 0.234 e. The van der Waals surface area contributed by atoms with Crippen LogP contribution in [0.5, 0.6) is 11.6 Å². The van der Waals surface area contributed by atoms with E-state index in [0.717, 1.165) is 0 Å². The molecule has 19 heavy (non-hydrogen) atoms. The number of H-pyrrole nitrogens is 1. The number of rotatable bonds is 2. The number of aromatic amines is 1. The van der Waals surface area contributed by atoms with Gasteiger partial charge < -0.3 is 4.74 Å². The normalized spacial score (nSPS) is 10.9. The molecule has 0 spiro atoms. The van der Waals surface area contributed by atoms with E-state index in [1.54, 1.807) is 13.0 Å². The van der Waals surface area contributed by atoms with Crippen LogP contribution in [0.15, 0.2) is 24.4 Å². The molecular weight excluding hydrogens is 271 g/mol. The number of aryl methyl sites for hydroxylation is 1. The van der Waals surface area contributed by atoms with Crippen LogP contribution in [-0.2, 0) is 0 Å². The number of nitrogens with one attached hydrogen (secondary N) is 1. The highest BCUT2D eigenvalue weighted by molar-refractivity contribution is 6.28. The molecule has 1 N–H and O–H groups in total. The molecular formula is C12H8ClFN4O. The van der Waals surface area contributed by atoms with Gasteiger partial charge in [0.25, 0.3) is 0 Å². The number of nitrogens with zero attached hydrogens (tertiary/aromatic N) is 3. The van der Waals surface area contributed by atoms with Crippen LogP contribution >= 0.6 is 11.6 Å². The summed E-state index contributed by atoms with van der Waals surface area (Å²) >= 11 is 5.79. The number of hydrogen-bond acceptors (Lipinski definition) is 4. The Kier molecular flexibility index (Phi) is 2.79. The molecule has 0 amide bonds. The number of ether oxygens (including phenoxy) is 1. The van der Waals surface area contributed by atoms with Gasteiger partial charge in [-0.15, -0.1) is 0 Å². The zero-order valence-corrected chi connectivity index (χ0v) is 10.6. The average Bonchev–Trinajstić information content (AvgIpc) is 2.82. The Balaban J connectivity index is 2.04. The van der Waals surface area contributed by atoms with Crippen LogP contribution in [-0.4, -0.2) is 20.2 Å². The van der Waals surface area contributed by atoms with Gasteiger partial charge in [0.15, 0.2) is 5.65 Å². The highest BCUT2D eigenvalue weighted by Crippen LogP contribution is 2.28. The molecule has 5 nitrogen and oxygen atoms in total. The molecule has 0 atom stereocenters. The first-order valence-electron chi connectivity index (χ1n) is 5.44. The van der Waals surface area contributed by atoms with Gasteiger partial charge in [-0.05, 0) is 42.3 Å². The van der Waals surface area contributed by atoms with Crippen LogP contribution in [0.3, 0.4) is 0 Å². The SMILES string of the molecule is Cc1cc(Oc2nc(Cl)nc3[nH]ncc23)ccc1F. The molecule has 96 valence electrons. The van der Waals surface area contributed by atoms with Crippen molar-refractivity contribution in [2.24, 2.45) is 0 Å². The van der Waals surface area contributed by atoms with Crippen LogP contribution in [0, 0.1) is 12.7 Å². The standard InChI is InChI=1S/C12H8ClFN4O/c1-6-4-7(2-3-9(6)14)19-11-8-5-15-18-10(8)16-12(13)17-11/h2-5H,1H3,(H,15,16,17,18). The van der Waals surface area contributed by atoms with Crippen molar-refractivity contribution in [3.05, 3.63) is 41.1 Å². The minimum atomic E-state index is -0.290. The second-order valence-electron chi connectivity index (χ2n) is 3.94. The quantitative estimate of drug-likeness (QED) is 0.731. The summed E-state index contributed by atoms with van der Waals surface area (Å²) in [6.45, 7) is 1.66. The molecule has 2 heterocycles. The molecule has 0 unspecified atom stereocenters. The Morgan fingerprint density at radius 2 is 2.16 bits per heavy atom. The number of aromatic nitrogens is 4. The van der Waals surface area contributed by atoms with Crippen LogP contribution in [0.25, 0.3) is 11.0 Å². The molecule has 7 heteroatoms. The number of halogens is 2. The molecule has 0 aliphatic heterocycles. The Morgan fingerprint density at radius 3 is 2.95 bits per heavy atom. The van der Waals surface area contributed by atoms with Gasteiger partial charge >= 0.3 is 0 Å². The third-order valence-corrected chi connectivity index (χ3v) is 2.76. The van der Waals surface area contributed by atoms with Gasteiger partial charge in [-0.3, -0.25) is 5.10 Å². The van der Waals surface area contributed by atoms with Gasteiger partial charge in [-0.1, -0.05) is 0 Å². The minimum absolute atomic E-state index is 0.0468. The summed E-state index contributed by atoms with van der Waals surface area (Å²) in [5.41, 5.74) is 0.968. The van der Waals surface area contributed by atoms with Gasteiger partial charge in [0.1, 0.15) is 17.0 Å². The summed E-state index contributed by atoms with van der Waals surface area (Å²) in [5, 5.41) is 7.18. The van der Waals surface area contributed by atoms with Crippen LogP contribution in [0.2, 0.25) is 5.28 Å². The lowest BCUT2D eigenvalue weighted by Gasteiger charge is -2.06. The molecule has 3 rings (SSSR count). The van der Waals surface area contributed by atoms with Crippen LogP contribution < -0.4 is 4.74 Å². The van der Waals surface area contributed by atoms with Gasteiger partial charge in [0, 0.05) is 0 Å². The van der Waals surface area contributed by atoms with Crippen LogP contribution in [0.4, 0.5) is 4.39 Å². The maximum atomic E-state index is 13.2. The fourth-order valence-corrected chi connectivity index (χ4v) is 1.81. The van der Waals surface area contributed by atoms with E-state index in [9.17, 15) is 4.39 Å². The number of benzene rings is 1. The zero-order valence-electron chi connectivity index (χ0n) is 9.82. The molecule has 3 aromatic rings. The first-order chi connectivity index (χ1) is 9.13. The van der Waals surface area contributed by atoms with E-state index in [-0.39, 0.29) is 17.0 Å². The van der Waals surface area contributed by atoms with Crippen molar-refractivity contribution in [3.63, 3.8) is 0 Å². The Bertz CT molecular complexity index is 759. The van der Waals surface area contributed by atoms with E-state index in [4.69, 9.17) is 16.3 Å². The topological polar surface area (TPSA) is 63.7 Å². The fraction of sp³-hybridized carbons (Fsp3) is 0.0833. The van der Waals surface area contributed by atoms with Crippen molar-refractivity contribution in [1.82, 2.24) is 20.2 Å².